The Morgan fingerprint density at radius 3 is 2.31 bits per heavy atom. The van der Waals surface area contributed by atoms with Gasteiger partial charge in [-0.05, 0) is 18.2 Å². The average Bonchev–Trinajstić information content (AvgIpc) is 3.01. The number of rotatable bonds is 3. The molecule has 0 radical (unpaired) electrons. The van der Waals surface area contributed by atoms with Gasteiger partial charge in [0.15, 0.2) is 5.84 Å². The number of hydrogen-bond acceptors (Lipinski definition) is 5. The number of aliphatic imine (C=N–C) groups is 1. The van der Waals surface area contributed by atoms with Gasteiger partial charge in [0, 0.05) is 23.5 Å². The highest BCUT2D eigenvalue weighted by molar-refractivity contribution is 6.32. The van der Waals surface area contributed by atoms with Crippen LogP contribution in [0.2, 0.25) is 0 Å². The number of carbonyl (C=O) groups excluding carboxylic acids is 1. The van der Waals surface area contributed by atoms with Crippen LogP contribution in [0.3, 0.4) is 0 Å². The summed E-state index contributed by atoms with van der Waals surface area (Å²) in [6, 6.07) is 17.8. The fourth-order valence-corrected chi connectivity index (χ4v) is 2.65. The summed E-state index contributed by atoms with van der Waals surface area (Å²) >= 11 is 0. The number of para-hydroxylation sites is 1. The lowest BCUT2D eigenvalue weighted by Crippen LogP contribution is -2.34. The molecule has 0 unspecified atom stereocenters. The van der Waals surface area contributed by atoms with Gasteiger partial charge in [-0.25, -0.2) is 19.9 Å². The lowest BCUT2D eigenvalue weighted by Gasteiger charge is -2.15. The molecule has 2 aromatic carbocycles. The number of nitrogens with zero attached hydrogens (tertiary/aromatic N) is 4. The van der Waals surface area contributed by atoms with E-state index in [-0.39, 0.29) is 23.3 Å². The Balaban J connectivity index is 1.84. The first-order valence-corrected chi connectivity index (χ1v) is 7.99. The van der Waals surface area contributed by atoms with E-state index >= 15 is 0 Å². The van der Waals surface area contributed by atoms with Crippen LogP contribution in [-0.2, 0) is 4.79 Å². The summed E-state index contributed by atoms with van der Waals surface area (Å²) in [6.45, 7) is 0. The van der Waals surface area contributed by atoms with Crippen LogP contribution < -0.4 is 4.90 Å². The molecule has 4 rings (SSSR count). The lowest BCUT2D eigenvalue weighted by atomic mass is 10.1. The van der Waals surface area contributed by atoms with E-state index in [1.165, 1.54) is 4.90 Å². The molecule has 0 aliphatic carbocycles. The molecule has 6 nitrogen and oxygen atoms in total. The van der Waals surface area contributed by atoms with Crippen LogP contribution in [0, 0.1) is 0 Å². The fraction of sp³-hybridized carbons (Fsp3) is 0. The van der Waals surface area contributed by atoms with Crippen molar-refractivity contribution in [1.29, 1.82) is 0 Å². The second kappa shape index (κ2) is 6.60. The zero-order chi connectivity index (χ0) is 17.9. The van der Waals surface area contributed by atoms with Crippen LogP contribution in [0.5, 0.6) is 5.75 Å². The summed E-state index contributed by atoms with van der Waals surface area (Å²) in [5, 5.41) is 9.98. The van der Waals surface area contributed by atoms with E-state index in [1.807, 2.05) is 30.3 Å². The lowest BCUT2D eigenvalue weighted by molar-refractivity contribution is -0.113. The van der Waals surface area contributed by atoms with Crippen LogP contribution in [0.4, 0.5) is 5.95 Å². The highest BCUT2D eigenvalue weighted by Gasteiger charge is 2.34. The molecule has 6 heteroatoms. The summed E-state index contributed by atoms with van der Waals surface area (Å²) in [5.74, 6) is 0.432. The fourth-order valence-electron chi connectivity index (χ4n) is 2.65. The summed E-state index contributed by atoms with van der Waals surface area (Å²) < 4.78 is 0. The molecule has 0 spiro atoms. The summed E-state index contributed by atoms with van der Waals surface area (Å²) in [5.41, 5.74) is 1.50. The minimum Gasteiger partial charge on any atom is -0.507 e. The maximum atomic E-state index is 13.0. The van der Waals surface area contributed by atoms with Crippen LogP contribution in [-0.4, -0.2) is 26.8 Å². The Morgan fingerprint density at radius 1 is 0.885 bits per heavy atom. The van der Waals surface area contributed by atoms with Crippen molar-refractivity contribution in [2.45, 2.75) is 0 Å². The smallest absolute Gasteiger partial charge is 0.285 e. The zero-order valence-electron chi connectivity index (χ0n) is 13.6. The van der Waals surface area contributed by atoms with Crippen molar-refractivity contribution in [2.24, 2.45) is 4.99 Å². The Kier molecular flexibility index (Phi) is 3.99. The van der Waals surface area contributed by atoms with Gasteiger partial charge >= 0.3 is 0 Å². The highest BCUT2D eigenvalue weighted by atomic mass is 16.3. The number of anilines is 1. The molecule has 0 fully saturated rings. The quantitative estimate of drug-likeness (QED) is 0.742. The van der Waals surface area contributed by atoms with Crippen molar-refractivity contribution in [2.75, 3.05) is 4.90 Å². The molecule has 1 N–H and O–H groups in total. The number of hydrogen-bond donors (Lipinski definition) is 1. The number of phenolic OH excluding ortho intramolecular Hbond substituents is 1. The van der Waals surface area contributed by atoms with Gasteiger partial charge in [0.05, 0.1) is 0 Å². The van der Waals surface area contributed by atoms with E-state index < -0.39 is 0 Å². The predicted octanol–water partition coefficient (Wildman–Crippen LogP) is 3.02. The number of phenols is 1. The summed E-state index contributed by atoms with van der Waals surface area (Å²) in [6.07, 6.45) is 4.70. The topological polar surface area (TPSA) is 78.7 Å². The molecule has 126 valence electrons. The molecule has 1 aliphatic rings. The number of amidine groups is 1. The van der Waals surface area contributed by atoms with Gasteiger partial charge in [-0.3, -0.25) is 4.79 Å². The number of aromatic nitrogens is 2. The van der Waals surface area contributed by atoms with Crippen LogP contribution in [0.25, 0.3) is 6.08 Å². The first kappa shape index (κ1) is 15.7. The Labute approximate surface area is 149 Å². The summed E-state index contributed by atoms with van der Waals surface area (Å²) in [7, 11) is 0. The second-order valence-corrected chi connectivity index (χ2v) is 5.58. The third-order valence-corrected chi connectivity index (χ3v) is 3.87. The first-order chi connectivity index (χ1) is 12.7. The molecule has 1 amide bonds. The first-order valence-electron chi connectivity index (χ1n) is 7.99. The van der Waals surface area contributed by atoms with Crippen LogP contribution in [0.1, 0.15) is 11.1 Å². The van der Waals surface area contributed by atoms with Crippen molar-refractivity contribution in [3.63, 3.8) is 0 Å². The third-order valence-electron chi connectivity index (χ3n) is 3.87. The van der Waals surface area contributed by atoms with Crippen molar-refractivity contribution in [3.05, 3.63) is 89.9 Å². The van der Waals surface area contributed by atoms with Gasteiger partial charge in [0.1, 0.15) is 11.4 Å². The minimum absolute atomic E-state index is 0.0821. The molecular weight excluding hydrogens is 328 g/mol. The van der Waals surface area contributed by atoms with E-state index in [9.17, 15) is 9.90 Å². The van der Waals surface area contributed by atoms with Gasteiger partial charge in [-0.1, -0.05) is 48.5 Å². The Bertz CT molecular complexity index is 1010. The molecule has 0 saturated carbocycles. The molecular formula is C20H14N4O2. The van der Waals surface area contributed by atoms with Gasteiger partial charge in [-0.15, -0.1) is 0 Å². The number of aromatic hydroxyl groups is 1. The maximum absolute atomic E-state index is 13.0. The molecule has 3 aromatic rings. The predicted molar refractivity (Wildman–Crippen MR) is 98.6 cm³/mol. The van der Waals surface area contributed by atoms with Crippen LogP contribution in [0.15, 0.2) is 83.7 Å². The molecule has 0 bridgehead atoms. The highest BCUT2D eigenvalue weighted by Crippen LogP contribution is 2.27. The monoisotopic (exact) mass is 342 g/mol. The van der Waals surface area contributed by atoms with Crippen LogP contribution >= 0.6 is 0 Å². The molecule has 2 heterocycles. The van der Waals surface area contributed by atoms with Crippen molar-refractivity contribution in [1.82, 2.24) is 9.97 Å². The summed E-state index contributed by atoms with van der Waals surface area (Å²) in [4.78, 5) is 27.2. The van der Waals surface area contributed by atoms with Crippen molar-refractivity contribution in [3.8, 4) is 5.75 Å². The molecule has 1 aromatic heterocycles. The molecule has 1 aliphatic heterocycles. The van der Waals surface area contributed by atoms with Crippen molar-refractivity contribution < 1.29 is 9.90 Å². The molecule has 0 saturated heterocycles. The largest absolute Gasteiger partial charge is 0.507 e. The second-order valence-electron chi connectivity index (χ2n) is 5.58. The average molecular weight is 342 g/mol. The van der Waals surface area contributed by atoms with E-state index in [4.69, 9.17) is 0 Å². The number of carbonyl (C=O) groups is 1. The van der Waals surface area contributed by atoms with Gasteiger partial charge in [0.2, 0.25) is 5.95 Å². The molecule has 0 atom stereocenters. The van der Waals surface area contributed by atoms with Gasteiger partial charge < -0.3 is 5.11 Å². The SMILES string of the molecule is O=C1C(=Cc2ccccc2O)N=C(c2ccccc2)N1c1ncccn1. The third kappa shape index (κ3) is 2.84. The van der Waals surface area contributed by atoms with E-state index in [0.29, 0.717) is 11.4 Å². The standard InChI is InChI=1S/C20H14N4O2/c25-17-10-5-4-9-15(17)13-16-19(26)24(20-21-11-6-12-22-20)18(23-16)14-7-2-1-3-8-14/h1-13,25H. The Hall–Kier alpha value is -3.80. The minimum atomic E-state index is -0.349. The van der Waals surface area contributed by atoms with Gasteiger partial charge in [0.25, 0.3) is 5.91 Å². The van der Waals surface area contributed by atoms with E-state index in [1.54, 1.807) is 48.8 Å². The van der Waals surface area contributed by atoms with Crippen molar-refractivity contribution >= 4 is 23.8 Å². The Morgan fingerprint density at radius 2 is 1.58 bits per heavy atom. The van der Waals surface area contributed by atoms with E-state index in [2.05, 4.69) is 15.0 Å². The van der Waals surface area contributed by atoms with Gasteiger partial charge in [-0.2, -0.15) is 0 Å². The zero-order valence-corrected chi connectivity index (χ0v) is 13.6. The number of amides is 1. The molecule has 26 heavy (non-hydrogen) atoms. The van der Waals surface area contributed by atoms with E-state index in [0.717, 1.165) is 5.56 Å². The number of benzene rings is 2. The maximum Gasteiger partial charge on any atom is 0.285 e. The normalized spacial score (nSPS) is 15.4.